The first-order valence-corrected chi connectivity index (χ1v) is 7.39. The van der Waals surface area contributed by atoms with Gasteiger partial charge in [-0.25, -0.2) is 14.8 Å². The molecular weight excluding hydrogens is 300 g/mol. The zero-order chi connectivity index (χ0) is 17.1. The number of aliphatic carboxylic acids is 1. The molecular formula is C15H22N4O4. The van der Waals surface area contributed by atoms with Crippen LogP contribution in [0.5, 0.6) is 0 Å². The molecule has 23 heavy (non-hydrogen) atoms. The molecule has 0 bridgehead atoms. The highest BCUT2D eigenvalue weighted by molar-refractivity contribution is 5.73. The van der Waals surface area contributed by atoms with E-state index in [1.807, 2.05) is 0 Å². The third-order valence-electron chi connectivity index (χ3n) is 3.42. The Morgan fingerprint density at radius 2 is 2.13 bits per heavy atom. The molecule has 0 atom stereocenters. The molecule has 8 nitrogen and oxygen atoms in total. The number of aromatic nitrogens is 2. The Labute approximate surface area is 134 Å². The largest absolute Gasteiger partial charge is 0.481 e. The van der Waals surface area contributed by atoms with Gasteiger partial charge in [0.1, 0.15) is 11.9 Å². The van der Waals surface area contributed by atoms with E-state index in [-0.39, 0.29) is 6.42 Å². The third kappa shape index (κ3) is 4.88. The Morgan fingerprint density at radius 1 is 1.43 bits per heavy atom. The lowest BCUT2D eigenvalue weighted by Crippen LogP contribution is -2.71. The smallest absolute Gasteiger partial charge is 0.410 e. The first kappa shape index (κ1) is 17.1. The Bertz CT molecular complexity index is 565. The van der Waals surface area contributed by atoms with Crippen LogP contribution in [0.1, 0.15) is 32.9 Å². The SMILES string of the molecule is CC(C)(C)OC(=O)N1CC(CC(=O)O)(NCc2ccncn2)C1. The molecule has 0 unspecified atom stereocenters. The molecule has 0 saturated carbocycles. The van der Waals surface area contributed by atoms with Crippen LogP contribution < -0.4 is 5.32 Å². The molecule has 126 valence electrons. The summed E-state index contributed by atoms with van der Waals surface area (Å²) < 4.78 is 5.29. The minimum atomic E-state index is -0.913. The van der Waals surface area contributed by atoms with E-state index >= 15 is 0 Å². The van der Waals surface area contributed by atoms with Gasteiger partial charge in [-0.15, -0.1) is 0 Å². The van der Waals surface area contributed by atoms with Crippen molar-refractivity contribution in [2.75, 3.05) is 13.1 Å². The van der Waals surface area contributed by atoms with Gasteiger partial charge in [0.15, 0.2) is 0 Å². The van der Waals surface area contributed by atoms with Crippen molar-refractivity contribution in [2.45, 2.75) is 44.9 Å². The van der Waals surface area contributed by atoms with E-state index in [4.69, 9.17) is 9.84 Å². The third-order valence-corrected chi connectivity index (χ3v) is 3.42. The Balaban J connectivity index is 1.94. The number of amides is 1. The summed E-state index contributed by atoms with van der Waals surface area (Å²) in [4.78, 5) is 32.6. The maximum absolute atomic E-state index is 12.0. The zero-order valence-corrected chi connectivity index (χ0v) is 13.6. The van der Waals surface area contributed by atoms with Gasteiger partial charge in [-0.2, -0.15) is 0 Å². The average molecular weight is 322 g/mol. The minimum Gasteiger partial charge on any atom is -0.481 e. The first-order valence-electron chi connectivity index (χ1n) is 7.39. The van der Waals surface area contributed by atoms with Gasteiger partial charge in [0.25, 0.3) is 0 Å². The van der Waals surface area contributed by atoms with Crippen LogP contribution in [0, 0.1) is 0 Å². The topological polar surface area (TPSA) is 105 Å². The van der Waals surface area contributed by atoms with Crippen LogP contribution in [-0.2, 0) is 16.1 Å². The van der Waals surface area contributed by atoms with E-state index in [1.165, 1.54) is 11.2 Å². The highest BCUT2D eigenvalue weighted by atomic mass is 16.6. The monoisotopic (exact) mass is 322 g/mol. The maximum atomic E-state index is 12.0. The highest BCUT2D eigenvalue weighted by Gasteiger charge is 2.47. The van der Waals surface area contributed by atoms with Crippen LogP contribution in [-0.4, -0.2) is 56.3 Å². The van der Waals surface area contributed by atoms with Gasteiger partial charge in [-0.3, -0.25) is 4.79 Å². The predicted molar refractivity (Wildman–Crippen MR) is 81.7 cm³/mol. The fourth-order valence-electron chi connectivity index (χ4n) is 2.42. The van der Waals surface area contributed by atoms with Crippen LogP contribution >= 0.6 is 0 Å². The molecule has 1 amide bonds. The predicted octanol–water partition coefficient (Wildman–Crippen LogP) is 1.03. The molecule has 0 spiro atoms. The number of hydrogen-bond acceptors (Lipinski definition) is 6. The summed E-state index contributed by atoms with van der Waals surface area (Å²) in [5, 5.41) is 12.3. The number of carbonyl (C=O) groups is 2. The normalized spacial score (nSPS) is 16.6. The van der Waals surface area contributed by atoms with Crippen LogP contribution in [0.3, 0.4) is 0 Å². The van der Waals surface area contributed by atoms with Gasteiger partial charge < -0.3 is 20.1 Å². The molecule has 1 aromatic rings. The van der Waals surface area contributed by atoms with Crippen molar-refractivity contribution < 1.29 is 19.4 Å². The summed E-state index contributed by atoms with van der Waals surface area (Å²) in [5.74, 6) is -0.913. The number of ether oxygens (including phenoxy) is 1. The van der Waals surface area contributed by atoms with E-state index in [0.29, 0.717) is 19.6 Å². The number of likely N-dealkylation sites (tertiary alicyclic amines) is 1. The Hall–Kier alpha value is -2.22. The van der Waals surface area contributed by atoms with Crippen LogP contribution in [0.15, 0.2) is 18.6 Å². The number of hydrogen-bond donors (Lipinski definition) is 2. The lowest BCUT2D eigenvalue weighted by Gasteiger charge is -2.49. The van der Waals surface area contributed by atoms with Gasteiger partial charge in [-0.1, -0.05) is 0 Å². The summed E-state index contributed by atoms with van der Waals surface area (Å²) in [6.07, 6.45) is 2.57. The average Bonchev–Trinajstić information content (AvgIpc) is 2.39. The van der Waals surface area contributed by atoms with E-state index in [9.17, 15) is 9.59 Å². The van der Waals surface area contributed by atoms with Crippen molar-refractivity contribution in [2.24, 2.45) is 0 Å². The highest BCUT2D eigenvalue weighted by Crippen LogP contribution is 2.27. The number of nitrogens with zero attached hydrogens (tertiary/aromatic N) is 3. The fourth-order valence-corrected chi connectivity index (χ4v) is 2.42. The van der Waals surface area contributed by atoms with E-state index < -0.39 is 23.2 Å². The molecule has 8 heteroatoms. The van der Waals surface area contributed by atoms with Crippen molar-refractivity contribution in [3.8, 4) is 0 Å². The molecule has 0 radical (unpaired) electrons. The number of carbonyl (C=O) groups excluding carboxylic acids is 1. The van der Waals surface area contributed by atoms with Crippen LogP contribution in [0.4, 0.5) is 4.79 Å². The first-order chi connectivity index (χ1) is 10.7. The van der Waals surface area contributed by atoms with Gasteiger partial charge >= 0.3 is 12.1 Å². The molecule has 1 fully saturated rings. The Morgan fingerprint density at radius 3 is 2.65 bits per heavy atom. The van der Waals surface area contributed by atoms with E-state index in [1.54, 1.807) is 33.0 Å². The summed E-state index contributed by atoms with van der Waals surface area (Å²) in [7, 11) is 0. The van der Waals surface area contributed by atoms with Gasteiger partial charge in [-0.05, 0) is 26.8 Å². The van der Waals surface area contributed by atoms with Crippen molar-refractivity contribution in [1.82, 2.24) is 20.2 Å². The van der Waals surface area contributed by atoms with E-state index in [0.717, 1.165) is 5.69 Å². The standard InChI is InChI=1S/C15H22N4O4/c1-14(2,3)23-13(22)19-8-15(9-19,6-12(20)21)18-7-11-4-5-16-10-17-11/h4-5,10,18H,6-9H2,1-3H3,(H,20,21). The van der Waals surface area contributed by atoms with Crippen LogP contribution in [0.25, 0.3) is 0 Å². The van der Waals surface area contributed by atoms with Crippen LogP contribution in [0.2, 0.25) is 0 Å². The number of carboxylic acid groups (broad SMARTS) is 1. The van der Waals surface area contributed by atoms with Gasteiger partial charge in [0.05, 0.1) is 17.7 Å². The second-order valence-corrected chi connectivity index (χ2v) is 6.74. The quantitative estimate of drug-likeness (QED) is 0.834. The maximum Gasteiger partial charge on any atom is 0.410 e. The fraction of sp³-hybridized carbons (Fsp3) is 0.600. The molecule has 2 heterocycles. The summed E-state index contributed by atoms with van der Waals surface area (Å²) >= 11 is 0. The molecule has 0 aromatic carbocycles. The summed E-state index contributed by atoms with van der Waals surface area (Å²) in [6, 6.07) is 1.76. The second kappa shape index (κ2) is 6.49. The summed E-state index contributed by atoms with van der Waals surface area (Å²) in [5.41, 5.74) is -0.468. The van der Waals surface area contributed by atoms with Gasteiger partial charge in [0, 0.05) is 25.8 Å². The second-order valence-electron chi connectivity index (χ2n) is 6.74. The summed E-state index contributed by atoms with van der Waals surface area (Å²) in [6.45, 7) is 6.38. The number of rotatable bonds is 5. The molecule has 2 N–H and O–H groups in total. The molecule has 1 aromatic heterocycles. The molecule has 1 aliphatic heterocycles. The molecule has 1 saturated heterocycles. The number of carboxylic acids is 1. The molecule has 2 rings (SSSR count). The van der Waals surface area contributed by atoms with E-state index in [2.05, 4.69) is 15.3 Å². The molecule has 0 aliphatic carbocycles. The molecule has 1 aliphatic rings. The van der Waals surface area contributed by atoms with Gasteiger partial charge in [0.2, 0.25) is 0 Å². The van der Waals surface area contributed by atoms with Crippen molar-refractivity contribution in [3.63, 3.8) is 0 Å². The lowest BCUT2D eigenvalue weighted by molar-refractivity contribution is -0.141. The van der Waals surface area contributed by atoms with Crippen molar-refractivity contribution in [3.05, 3.63) is 24.3 Å². The van der Waals surface area contributed by atoms with Crippen molar-refractivity contribution in [1.29, 1.82) is 0 Å². The number of nitrogens with one attached hydrogen (secondary N) is 1. The van der Waals surface area contributed by atoms with Crippen molar-refractivity contribution >= 4 is 12.1 Å². The Kier molecular flexibility index (Phi) is 4.84. The minimum absolute atomic E-state index is 0.0720. The lowest BCUT2D eigenvalue weighted by atomic mass is 9.86. The zero-order valence-electron chi connectivity index (χ0n) is 13.6.